The molecule has 30 heavy (non-hydrogen) atoms. The van der Waals surface area contributed by atoms with E-state index in [-0.39, 0.29) is 5.91 Å². The average Bonchev–Trinajstić information content (AvgIpc) is 3.37. The summed E-state index contributed by atoms with van der Waals surface area (Å²) in [5, 5.41) is 1.20. The lowest BCUT2D eigenvalue weighted by molar-refractivity contribution is -0.125. The van der Waals surface area contributed by atoms with Gasteiger partial charge in [-0.15, -0.1) is 0 Å². The number of nitrogens with zero attached hydrogens (tertiary/aromatic N) is 2. The summed E-state index contributed by atoms with van der Waals surface area (Å²) in [7, 11) is 0. The van der Waals surface area contributed by atoms with Gasteiger partial charge in [-0.05, 0) is 48.6 Å². The van der Waals surface area contributed by atoms with E-state index in [0.717, 1.165) is 29.7 Å². The second kappa shape index (κ2) is 7.17. The van der Waals surface area contributed by atoms with Crippen LogP contribution in [0.1, 0.15) is 30.0 Å². The molecule has 3 heteroatoms. The second-order valence-electron chi connectivity index (χ2n) is 8.11. The maximum absolute atomic E-state index is 14.4. The Hall–Kier alpha value is -3.33. The van der Waals surface area contributed by atoms with Crippen LogP contribution in [0, 0.1) is 6.92 Å². The maximum atomic E-state index is 14.4. The van der Waals surface area contributed by atoms with Crippen molar-refractivity contribution >= 4 is 22.5 Å². The van der Waals surface area contributed by atoms with Crippen molar-refractivity contribution in [2.45, 2.75) is 32.2 Å². The third-order valence-electron chi connectivity index (χ3n) is 6.57. The van der Waals surface area contributed by atoms with Gasteiger partial charge in [0.1, 0.15) is 5.54 Å². The Kier molecular flexibility index (Phi) is 4.47. The van der Waals surface area contributed by atoms with Gasteiger partial charge in [-0.2, -0.15) is 0 Å². The highest BCUT2D eigenvalue weighted by atomic mass is 16.2. The van der Waals surface area contributed by atoms with Crippen molar-refractivity contribution in [3.05, 3.63) is 102 Å². The van der Waals surface area contributed by atoms with Gasteiger partial charge >= 0.3 is 0 Å². The Labute approximate surface area is 177 Å². The fourth-order valence-electron chi connectivity index (χ4n) is 5.04. The van der Waals surface area contributed by atoms with E-state index in [1.54, 1.807) is 0 Å². The van der Waals surface area contributed by atoms with Gasteiger partial charge in [0.05, 0.1) is 0 Å². The van der Waals surface area contributed by atoms with Gasteiger partial charge in [-0.3, -0.25) is 4.79 Å². The molecule has 1 aliphatic rings. The molecule has 1 amide bonds. The minimum Gasteiger partial charge on any atom is -0.328 e. The van der Waals surface area contributed by atoms with Crippen molar-refractivity contribution < 1.29 is 4.79 Å². The van der Waals surface area contributed by atoms with Gasteiger partial charge in [0.25, 0.3) is 5.91 Å². The summed E-state index contributed by atoms with van der Waals surface area (Å²) in [6, 6.07) is 26.9. The topological polar surface area (TPSA) is 25.2 Å². The number of aryl methyl sites for hydroxylation is 1. The van der Waals surface area contributed by atoms with Crippen LogP contribution in [0.15, 0.2) is 85.1 Å². The molecule has 0 aliphatic carbocycles. The van der Waals surface area contributed by atoms with Gasteiger partial charge < -0.3 is 9.47 Å². The van der Waals surface area contributed by atoms with Crippen LogP contribution in [-0.2, 0) is 16.8 Å². The van der Waals surface area contributed by atoms with E-state index in [9.17, 15) is 4.79 Å². The van der Waals surface area contributed by atoms with Gasteiger partial charge in [0.15, 0.2) is 0 Å². The molecule has 5 rings (SSSR count). The number of aromatic nitrogens is 1. The molecular formula is C27H26N2O. The predicted molar refractivity (Wildman–Crippen MR) is 123 cm³/mol. The Morgan fingerprint density at radius 2 is 1.63 bits per heavy atom. The summed E-state index contributed by atoms with van der Waals surface area (Å²) < 4.78 is 2.22. The highest BCUT2D eigenvalue weighted by molar-refractivity contribution is 6.04. The van der Waals surface area contributed by atoms with E-state index in [1.807, 2.05) is 29.2 Å². The second-order valence-corrected chi connectivity index (χ2v) is 8.11. The molecule has 1 aliphatic heterocycles. The average molecular weight is 395 g/mol. The molecule has 0 unspecified atom stereocenters. The first-order valence-corrected chi connectivity index (χ1v) is 10.7. The number of para-hydroxylation sites is 2. The molecule has 0 radical (unpaired) electrons. The first-order chi connectivity index (χ1) is 14.7. The molecular weight excluding hydrogens is 368 g/mol. The predicted octanol–water partition coefficient (Wildman–Crippen LogP) is 5.69. The molecule has 3 nitrogen and oxygen atoms in total. The van der Waals surface area contributed by atoms with Crippen molar-refractivity contribution in [2.75, 3.05) is 11.4 Å². The monoisotopic (exact) mass is 394 g/mol. The van der Waals surface area contributed by atoms with Crippen LogP contribution in [0.25, 0.3) is 10.9 Å². The maximum Gasteiger partial charge on any atom is 0.257 e. The summed E-state index contributed by atoms with van der Waals surface area (Å²) >= 11 is 0. The quantitative estimate of drug-likeness (QED) is 0.436. The van der Waals surface area contributed by atoms with Gasteiger partial charge in [0, 0.05) is 29.3 Å². The van der Waals surface area contributed by atoms with Crippen LogP contribution in [0.3, 0.4) is 0 Å². The minimum atomic E-state index is -0.799. The highest BCUT2D eigenvalue weighted by Crippen LogP contribution is 2.40. The molecule has 4 aromatic rings. The van der Waals surface area contributed by atoms with Crippen molar-refractivity contribution in [3.63, 3.8) is 0 Å². The molecule has 150 valence electrons. The lowest BCUT2D eigenvalue weighted by atomic mass is 9.84. The standard InChI is InChI=1S/C27H26N2O/c1-3-27(22-12-5-4-6-13-22,29-19-20(2)23-14-8-10-16-25(23)29)26(30)28-18-17-21-11-7-9-15-24(21)28/h4-16,19H,3,17-18H2,1-2H3/t27-/m0/s1. The normalized spacial score (nSPS) is 15.2. The summed E-state index contributed by atoms with van der Waals surface area (Å²) in [5.74, 6) is 0.141. The van der Waals surface area contributed by atoms with Gasteiger partial charge in [0.2, 0.25) is 0 Å². The number of benzene rings is 3. The summed E-state index contributed by atoms with van der Waals surface area (Å²) in [5.41, 5.74) is 4.81. The molecule has 0 saturated heterocycles. The van der Waals surface area contributed by atoms with E-state index in [2.05, 4.69) is 79.2 Å². The smallest absolute Gasteiger partial charge is 0.257 e. The van der Waals surface area contributed by atoms with Crippen molar-refractivity contribution in [2.24, 2.45) is 0 Å². The summed E-state index contributed by atoms with van der Waals surface area (Å²) in [6.07, 6.45) is 3.73. The minimum absolute atomic E-state index is 0.141. The summed E-state index contributed by atoms with van der Waals surface area (Å²) in [4.78, 5) is 16.4. The van der Waals surface area contributed by atoms with E-state index >= 15 is 0 Å². The number of amides is 1. The lowest BCUT2D eigenvalue weighted by Gasteiger charge is -2.38. The van der Waals surface area contributed by atoms with Crippen LogP contribution in [0.5, 0.6) is 0 Å². The number of hydrogen-bond donors (Lipinski definition) is 0. The van der Waals surface area contributed by atoms with Crippen LogP contribution in [0.4, 0.5) is 5.69 Å². The first-order valence-electron chi connectivity index (χ1n) is 10.7. The molecule has 0 fully saturated rings. The molecule has 0 bridgehead atoms. The Morgan fingerprint density at radius 3 is 2.43 bits per heavy atom. The van der Waals surface area contributed by atoms with Crippen LogP contribution < -0.4 is 4.90 Å². The Bertz CT molecular complexity index is 1220. The Morgan fingerprint density at radius 1 is 0.933 bits per heavy atom. The molecule has 0 spiro atoms. The van der Waals surface area contributed by atoms with E-state index in [0.29, 0.717) is 6.42 Å². The van der Waals surface area contributed by atoms with E-state index < -0.39 is 5.54 Å². The fourth-order valence-corrected chi connectivity index (χ4v) is 5.04. The number of rotatable bonds is 4. The van der Waals surface area contributed by atoms with E-state index in [1.165, 1.54) is 16.5 Å². The number of carbonyl (C=O) groups excluding carboxylic acids is 1. The van der Waals surface area contributed by atoms with E-state index in [4.69, 9.17) is 0 Å². The summed E-state index contributed by atoms with van der Waals surface area (Å²) in [6.45, 7) is 4.97. The van der Waals surface area contributed by atoms with Crippen molar-refractivity contribution in [1.82, 2.24) is 4.57 Å². The molecule has 0 N–H and O–H groups in total. The fraction of sp³-hybridized carbons (Fsp3) is 0.222. The number of anilines is 1. The van der Waals surface area contributed by atoms with Crippen LogP contribution in [-0.4, -0.2) is 17.0 Å². The molecule has 1 atom stereocenters. The molecule has 3 aromatic carbocycles. The highest BCUT2D eigenvalue weighted by Gasteiger charge is 2.45. The lowest BCUT2D eigenvalue weighted by Crippen LogP contribution is -2.50. The Balaban J connectivity index is 1.77. The zero-order chi connectivity index (χ0) is 20.7. The molecule has 1 aromatic heterocycles. The largest absolute Gasteiger partial charge is 0.328 e. The molecule has 0 saturated carbocycles. The number of carbonyl (C=O) groups is 1. The number of fused-ring (bicyclic) bond motifs is 2. The zero-order valence-corrected chi connectivity index (χ0v) is 17.5. The van der Waals surface area contributed by atoms with Gasteiger partial charge in [-0.25, -0.2) is 0 Å². The SMILES string of the molecule is CC[C@@](C(=O)N1CCc2ccccc21)(c1ccccc1)n1cc(C)c2ccccc21. The van der Waals surface area contributed by atoms with Crippen LogP contribution >= 0.6 is 0 Å². The zero-order valence-electron chi connectivity index (χ0n) is 17.5. The van der Waals surface area contributed by atoms with Crippen molar-refractivity contribution in [1.29, 1.82) is 0 Å². The molecule has 2 heterocycles. The van der Waals surface area contributed by atoms with Crippen molar-refractivity contribution in [3.8, 4) is 0 Å². The third kappa shape index (κ3) is 2.62. The van der Waals surface area contributed by atoms with Crippen LogP contribution in [0.2, 0.25) is 0 Å². The first kappa shape index (κ1) is 18.7. The number of hydrogen-bond acceptors (Lipinski definition) is 1. The van der Waals surface area contributed by atoms with Gasteiger partial charge in [-0.1, -0.05) is 73.7 Å². The third-order valence-corrected chi connectivity index (χ3v) is 6.57.